The largest absolute Gasteiger partial charge is 0.342 e. The van der Waals surface area contributed by atoms with Crippen LogP contribution in [0.2, 0.25) is 5.02 Å². The van der Waals surface area contributed by atoms with Gasteiger partial charge in [-0.2, -0.15) is 0 Å². The molecule has 4 nitrogen and oxygen atoms in total. The molecule has 0 aliphatic carbocycles. The molecule has 2 heterocycles. The quantitative estimate of drug-likeness (QED) is 0.804. The van der Waals surface area contributed by atoms with E-state index in [1.165, 1.54) is 6.42 Å². The van der Waals surface area contributed by atoms with Crippen LogP contribution in [0.25, 0.3) is 0 Å². The van der Waals surface area contributed by atoms with Crippen molar-refractivity contribution in [3.8, 4) is 0 Å². The number of hydrogen-bond donors (Lipinski definition) is 0. The molecule has 2 saturated heterocycles. The number of halogens is 1. The van der Waals surface area contributed by atoms with Gasteiger partial charge in [-0.25, -0.2) is 0 Å². The van der Waals surface area contributed by atoms with Gasteiger partial charge in [0.15, 0.2) is 0 Å². The second kappa shape index (κ2) is 8.22. The predicted molar refractivity (Wildman–Crippen MR) is 99.5 cm³/mol. The first-order valence-electron chi connectivity index (χ1n) is 9.41. The van der Waals surface area contributed by atoms with Crippen molar-refractivity contribution in [2.45, 2.75) is 51.5 Å². The van der Waals surface area contributed by atoms with Crippen molar-refractivity contribution in [1.29, 1.82) is 0 Å². The average Bonchev–Trinajstić information content (AvgIpc) is 3.00. The molecule has 2 aliphatic heterocycles. The highest BCUT2D eigenvalue weighted by atomic mass is 35.5. The second-order valence-corrected chi connectivity index (χ2v) is 7.65. The van der Waals surface area contributed by atoms with Crippen molar-refractivity contribution in [3.05, 3.63) is 34.9 Å². The van der Waals surface area contributed by atoms with Crippen LogP contribution in [-0.2, 0) is 16.0 Å². The molecule has 0 spiro atoms. The van der Waals surface area contributed by atoms with Crippen LogP contribution in [0.3, 0.4) is 0 Å². The standard InChI is InChI=1S/C20H27ClN2O2/c1-2-18-8-3-4-10-23(18)20(25)16-13-19(24)22(14-16)11-9-15-6-5-7-17(21)12-15/h5-7,12,16,18H,2-4,8-11,13-14H2,1H3. The number of amides is 2. The zero-order valence-electron chi connectivity index (χ0n) is 14.9. The molecule has 1 aromatic rings. The lowest BCUT2D eigenvalue weighted by Crippen LogP contribution is -2.46. The highest BCUT2D eigenvalue weighted by Gasteiger charge is 2.38. The summed E-state index contributed by atoms with van der Waals surface area (Å²) in [7, 11) is 0. The zero-order valence-corrected chi connectivity index (χ0v) is 15.7. The van der Waals surface area contributed by atoms with Gasteiger partial charge in [0.1, 0.15) is 0 Å². The van der Waals surface area contributed by atoms with E-state index >= 15 is 0 Å². The normalized spacial score (nSPS) is 24.0. The lowest BCUT2D eigenvalue weighted by molar-refractivity contribution is -0.139. The maximum absolute atomic E-state index is 12.9. The molecule has 136 valence electrons. The van der Waals surface area contributed by atoms with Crippen molar-refractivity contribution in [2.75, 3.05) is 19.6 Å². The number of rotatable bonds is 5. The smallest absolute Gasteiger partial charge is 0.228 e. The monoisotopic (exact) mass is 362 g/mol. The van der Waals surface area contributed by atoms with Crippen molar-refractivity contribution in [2.24, 2.45) is 5.92 Å². The first-order chi connectivity index (χ1) is 12.1. The van der Waals surface area contributed by atoms with E-state index in [2.05, 4.69) is 6.92 Å². The summed E-state index contributed by atoms with van der Waals surface area (Å²) in [5.74, 6) is 0.120. The van der Waals surface area contributed by atoms with Gasteiger partial charge < -0.3 is 9.80 Å². The van der Waals surface area contributed by atoms with Crippen LogP contribution in [0.1, 0.15) is 44.6 Å². The first kappa shape index (κ1) is 18.2. The predicted octanol–water partition coefficient (Wildman–Crippen LogP) is 3.52. The van der Waals surface area contributed by atoms with E-state index in [0.29, 0.717) is 30.6 Å². The number of carbonyl (C=O) groups is 2. The van der Waals surface area contributed by atoms with E-state index in [-0.39, 0.29) is 17.7 Å². The lowest BCUT2D eigenvalue weighted by atomic mass is 9.97. The molecular weight excluding hydrogens is 336 g/mol. The molecule has 0 N–H and O–H groups in total. The number of carbonyl (C=O) groups excluding carboxylic acids is 2. The van der Waals surface area contributed by atoms with Gasteiger partial charge in [0.05, 0.1) is 5.92 Å². The van der Waals surface area contributed by atoms with E-state index in [1.54, 1.807) is 0 Å². The maximum Gasteiger partial charge on any atom is 0.228 e. The fraction of sp³-hybridized carbons (Fsp3) is 0.600. The minimum absolute atomic E-state index is 0.102. The van der Waals surface area contributed by atoms with E-state index in [9.17, 15) is 9.59 Å². The molecule has 0 radical (unpaired) electrons. The Kier molecular flexibility index (Phi) is 6.00. The third-order valence-corrected chi connectivity index (χ3v) is 5.74. The summed E-state index contributed by atoms with van der Waals surface area (Å²) in [6, 6.07) is 8.09. The number of likely N-dealkylation sites (tertiary alicyclic amines) is 2. The zero-order chi connectivity index (χ0) is 17.8. The van der Waals surface area contributed by atoms with Gasteiger partial charge in [0.2, 0.25) is 11.8 Å². The van der Waals surface area contributed by atoms with Crippen LogP contribution < -0.4 is 0 Å². The number of nitrogens with zero attached hydrogens (tertiary/aromatic N) is 2. The molecular formula is C20H27ClN2O2. The average molecular weight is 363 g/mol. The van der Waals surface area contributed by atoms with Crippen LogP contribution in [0.4, 0.5) is 0 Å². The maximum atomic E-state index is 12.9. The summed E-state index contributed by atoms with van der Waals surface area (Å²) in [5.41, 5.74) is 1.12. The minimum Gasteiger partial charge on any atom is -0.342 e. The van der Waals surface area contributed by atoms with E-state index in [4.69, 9.17) is 11.6 Å². The Bertz CT molecular complexity index is 634. The van der Waals surface area contributed by atoms with Gasteiger partial charge in [-0.3, -0.25) is 9.59 Å². The van der Waals surface area contributed by atoms with Crippen LogP contribution in [0.15, 0.2) is 24.3 Å². The SMILES string of the molecule is CCC1CCCCN1C(=O)C1CC(=O)N(CCc2cccc(Cl)c2)C1. The molecule has 2 atom stereocenters. The second-order valence-electron chi connectivity index (χ2n) is 7.21. The molecule has 25 heavy (non-hydrogen) atoms. The van der Waals surface area contributed by atoms with Crippen molar-refractivity contribution >= 4 is 23.4 Å². The molecule has 2 fully saturated rings. The summed E-state index contributed by atoms with van der Waals surface area (Å²) < 4.78 is 0. The highest BCUT2D eigenvalue weighted by molar-refractivity contribution is 6.30. The van der Waals surface area contributed by atoms with Crippen LogP contribution >= 0.6 is 11.6 Å². The molecule has 2 amide bonds. The summed E-state index contributed by atoms with van der Waals surface area (Å²) in [5, 5.41) is 0.717. The fourth-order valence-corrected chi connectivity index (χ4v) is 4.27. The molecule has 2 aliphatic rings. The van der Waals surface area contributed by atoms with Crippen molar-refractivity contribution < 1.29 is 9.59 Å². The summed E-state index contributed by atoms with van der Waals surface area (Å²) >= 11 is 6.02. The third-order valence-electron chi connectivity index (χ3n) is 5.50. The minimum atomic E-state index is -0.168. The summed E-state index contributed by atoms with van der Waals surface area (Å²) in [6.45, 7) is 4.21. The number of benzene rings is 1. The molecule has 3 rings (SSSR count). The molecule has 1 aromatic carbocycles. The third kappa shape index (κ3) is 4.35. The van der Waals surface area contributed by atoms with Gasteiger partial charge >= 0.3 is 0 Å². The van der Waals surface area contributed by atoms with Gasteiger partial charge in [0.25, 0.3) is 0 Å². The Balaban J connectivity index is 1.57. The molecule has 0 aromatic heterocycles. The van der Waals surface area contributed by atoms with Crippen LogP contribution in [0.5, 0.6) is 0 Å². The Morgan fingerprint density at radius 3 is 2.92 bits per heavy atom. The van der Waals surface area contributed by atoms with Gasteiger partial charge in [-0.15, -0.1) is 0 Å². The van der Waals surface area contributed by atoms with Gasteiger partial charge in [0, 0.05) is 37.1 Å². The Morgan fingerprint density at radius 1 is 1.32 bits per heavy atom. The number of hydrogen-bond acceptors (Lipinski definition) is 2. The van der Waals surface area contributed by atoms with E-state index in [0.717, 1.165) is 37.8 Å². The van der Waals surface area contributed by atoms with Gasteiger partial charge in [-0.05, 0) is 49.8 Å². The van der Waals surface area contributed by atoms with Crippen LogP contribution in [-0.4, -0.2) is 47.3 Å². The lowest BCUT2D eigenvalue weighted by Gasteiger charge is -2.36. The molecule has 5 heteroatoms. The Hall–Kier alpha value is -1.55. The van der Waals surface area contributed by atoms with Crippen LogP contribution in [0, 0.1) is 5.92 Å². The summed E-state index contributed by atoms with van der Waals surface area (Å²) in [4.78, 5) is 29.1. The fourth-order valence-electron chi connectivity index (χ4n) is 4.06. The van der Waals surface area contributed by atoms with E-state index in [1.807, 2.05) is 34.1 Å². The first-order valence-corrected chi connectivity index (χ1v) is 9.79. The van der Waals surface area contributed by atoms with E-state index < -0.39 is 0 Å². The topological polar surface area (TPSA) is 40.6 Å². The Labute approximate surface area is 155 Å². The van der Waals surface area contributed by atoms with Crippen molar-refractivity contribution in [3.63, 3.8) is 0 Å². The summed E-state index contributed by atoms with van der Waals surface area (Å²) in [6.07, 6.45) is 5.53. The van der Waals surface area contributed by atoms with Crippen molar-refractivity contribution in [1.82, 2.24) is 9.80 Å². The highest BCUT2D eigenvalue weighted by Crippen LogP contribution is 2.26. The molecule has 0 saturated carbocycles. The number of piperidine rings is 1. The Morgan fingerprint density at radius 2 is 2.16 bits per heavy atom. The molecule has 0 bridgehead atoms. The molecule has 2 unspecified atom stereocenters. The van der Waals surface area contributed by atoms with Gasteiger partial charge in [-0.1, -0.05) is 30.7 Å².